The second kappa shape index (κ2) is 4.43. The first kappa shape index (κ1) is 11.7. The van der Waals surface area contributed by atoms with Gasteiger partial charge < -0.3 is 5.73 Å². The minimum absolute atomic E-state index is 0.0104. The molecule has 0 unspecified atom stereocenters. The number of carbonyl (C=O) groups is 1. The molecule has 0 atom stereocenters. The van der Waals surface area contributed by atoms with Crippen molar-refractivity contribution in [2.24, 2.45) is 0 Å². The highest BCUT2D eigenvalue weighted by Crippen LogP contribution is 2.10. The van der Waals surface area contributed by atoms with Crippen LogP contribution in [0, 0.1) is 0 Å². The lowest BCUT2D eigenvalue weighted by molar-refractivity contribution is 0.0983. The van der Waals surface area contributed by atoms with Gasteiger partial charge in [-0.1, -0.05) is 0 Å². The molecule has 0 saturated carbocycles. The molecule has 0 fully saturated rings. The van der Waals surface area contributed by atoms with Crippen molar-refractivity contribution in [3.05, 3.63) is 11.8 Å². The smallest absolute Gasteiger partial charge is 0.168 e. The number of ketones is 1. The maximum Gasteiger partial charge on any atom is 0.168 e. The van der Waals surface area contributed by atoms with Crippen molar-refractivity contribution in [3.8, 4) is 0 Å². The standard InChI is InChI=1S/C8H13N3O3S/c1-15(13,14)4-2-3-7(12)6-5-10-11-8(6)9/h5H,2-4H2,1H3,(H3,9,10,11). The number of sulfone groups is 1. The summed E-state index contributed by atoms with van der Waals surface area (Å²) in [4.78, 5) is 11.5. The second-order valence-electron chi connectivity index (χ2n) is 3.35. The summed E-state index contributed by atoms with van der Waals surface area (Å²) in [7, 11) is -3.01. The zero-order chi connectivity index (χ0) is 11.5. The third-order valence-electron chi connectivity index (χ3n) is 1.89. The van der Waals surface area contributed by atoms with E-state index in [4.69, 9.17) is 5.73 Å². The highest BCUT2D eigenvalue weighted by Gasteiger charge is 2.12. The van der Waals surface area contributed by atoms with Crippen molar-refractivity contribution < 1.29 is 13.2 Å². The molecule has 0 amide bonds. The molecule has 0 spiro atoms. The Morgan fingerprint density at radius 2 is 2.27 bits per heavy atom. The van der Waals surface area contributed by atoms with Gasteiger partial charge in [0.2, 0.25) is 0 Å². The Kier molecular flexibility index (Phi) is 3.46. The molecule has 0 saturated heterocycles. The number of carbonyl (C=O) groups excluding carboxylic acids is 1. The number of nitrogens with two attached hydrogens (primary N) is 1. The van der Waals surface area contributed by atoms with E-state index in [1.807, 2.05) is 0 Å². The summed E-state index contributed by atoms with van der Waals surface area (Å²) in [5, 5.41) is 6.06. The first-order valence-corrected chi connectivity index (χ1v) is 6.46. The lowest BCUT2D eigenvalue weighted by Gasteiger charge is -1.98. The van der Waals surface area contributed by atoms with Crippen LogP contribution in [0.2, 0.25) is 0 Å². The Balaban J connectivity index is 2.48. The number of hydrogen-bond donors (Lipinski definition) is 2. The number of aromatic nitrogens is 2. The number of nitrogen functional groups attached to an aromatic ring is 1. The van der Waals surface area contributed by atoms with Gasteiger partial charge in [0.1, 0.15) is 15.7 Å². The molecule has 1 heterocycles. The molecule has 1 rings (SSSR count). The predicted molar refractivity (Wildman–Crippen MR) is 56.3 cm³/mol. The molecule has 7 heteroatoms. The Labute approximate surface area is 87.8 Å². The molecule has 0 aromatic carbocycles. The second-order valence-corrected chi connectivity index (χ2v) is 5.61. The predicted octanol–water partition coefficient (Wildman–Crippen LogP) is -0.000600. The van der Waals surface area contributed by atoms with E-state index in [1.165, 1.54) is 6.20 Å². The Bertz CT molecular complexity index is 449. The maximum atomic E-state index is 11.5. The number of anilines is 1. The minimum Gasteiger partial charge on any atom is -0.383 e. The summed E-state index contributed by atoms with van der Waals surface area (Å²) in [6.45, 7) is 0. The topological polar surface area (TPSA) is 106 Å². The number of nitrogens with one attached hydrogen (secondary N) is 1. The van der Waals surface area contributed by atoms with Crippen LogP contribution in [0.4, 0.5) is 5.82 Å². The van der Waals surface area contributed by atoms with E-state index in [9.17, 15) is 13.2 Å². The SMILES string of the molecule is CS(=O)(=O)CCCC(=O)c1cn[nH]c1N. The van der Waals surface area contributed by atoms with Gasteiger partial charge in [0.25, 0.3) is 0 Å². The van der Waals surface area contributed by atoms with Gasteiger partial charge in [0, 0.05) is 12.7 Å². The minimum atomic E-state index is -3.01. The molecule has 3 N–H and O–H groups in total. The zero-order valence-electron chi connectivity index (χ0n) is 8.36. The van der Waals surface area contributed by atoms with E-state index in [-0.39, 0.29) is 23.8 Å². The quantitative estimate of drug-likeness (QED) is 0.694. The Morgan fingerprint density at radius 3 is 2.73 bits per heavy atom. The fraction of sp³-hybridized carbons (Fsp3) is 0.500. The normalized spacial score (nSPS) is 11.5. The summed E-state index contributed by atoms with van der Waals surface area (Å²) in [6.07, 6.45) is 2.96. The lowest BCUT2D eigenvalue weighted by atomic mass is 10.1. The molecule has 6 nitrogen and oxygen atoms in total. The molecule has 0 radical (unpaired) electrons. The first-order valence-electron chi connectivity index (χ1n) is 4.40. The van der Waals surface area contributed by atoms with Crippen molar-refractivity contribution in [2.75, 3.05) is 17.7 Å². The number of hydrogen-bond acceptors (Lipinski definition) is 5. The molecule has 1 aromatic rings. The van der Waals surface area contributed by atoms with Crippen molar-refractivity contribution in [1.29, 1.82) is 0 Å². The van der Waals surface area contributed by atoms with Crippen LogP contribution in [0.25, 0.3) is 0 Å². The molecular weight excluding hydrogens is 218 g/mol. The van der Waals surface area contributed by atoms with Gasteiger partial charge >= 0.3 is 0 Å². The molecular formula is C8H13N3O3S. The van der Waals surface area contributed by atoms with Crippen molar-refractivity contribution in [3.63, 3.8) is 0 Å². The van der Waals surface area contributed by atoms with E-state index in [1.54, 1.807) is 0 Å². The number of H-pyrrole nitrogens is 1. The molecule has 1 aromatic heterocycles. The average molecular weight is 231 g/mol. The maximum absolute atomic E-state index is 11.5. The van der Waals surface area contributed by atoms with E-state index < -0.39 is 9.84 Å². The molecule has 0 aliphatic heterocycles. The van der Waals surface area contributed by atoms with Gasteiger partial charge in [-0.25, -0.2) is 8.42 Å². The van der Waals surface area contributed by atoms with Crippen LogP contribution in [0.15, 0.2) is 6.20 Å². The molecule has 0 aliphatic carbocycles. The number of aromatic amines is 1. The van der Waals surface area contributed by atoms with E-state index in [0.29, 0.717) is 12.0 Å². The zero-order valence-corrected chi connectivity index (χ0v) is 9.17. The summed E-state index contributed by atoms with van der Waals surface area (Å²) < 4.78 is 21.6. The summed E-state index contributed by atoms with van der Waals surface area (Å²) in [5.41, 5.74) is 5.76. The van der Waals surface area contributed by atoms with E-state index in [2.05, 4.69) is 10.2 Å². The van der Waals surface area contributed by atoms with Gasteiger partial charge in [-0.05, 0) is 6.42 Å². The average Bonchev–Trinajstić information content (AvgIpc) is 2.48. The van der Waals surface area contributed by atoms with Crippen molar-refractivity contribution in [2.45, 2.75) is 12.8 Å². The number of nitrogens with zero attached hydrogens (tertiary/aromatic N) is 1. The molecule has 0 aliphatic rings. The lowest BCUT2D eigenvalue weighted by Crippen LogP contribution is -2.07. The highest BCUT2D eigenvalue weighted by atomic mass is 32.2. The van der Waals surface area contributed by atoms with Crippen LogP contribution >= 0.6 is 0 Å². The van der Waals surface area contributed by atoms with Crippen LogP contribution < -0.4 is 5.73 Å². The fourth-order valence-corrected chi connectivity index (χ4v) is 1.82. The van der Waals surface area contributed by atoms with Crippen LogP contribution in [-0.4, -0.2) is 36.4 Å². The molecule has 0 bridgehead atoms. The fourth-order valence-electron chi connectivity index (χ4n) is 1.15. The Morgan fingerprint density at radius 1 is 1.60 bits per heavy atom. The van der Waals surface area contributed by atoms with Gasteiger partial charge in [0.05, 0.1) is 17.5 Å². The van der Waals surface area contributed by atoms with Gasteiger partial charge in [-0.2, -0.15) is 5.10 Å². The molecule has 15 heavy (non-hydrogen) atoms. The third-order valence-corrected chi connectivity index (χ3v) is 2.92. The number of Topliss-reactive ketones (excluding diaryl/α,β-unsaturated/α-hetero) is 1. The largest absolute Gasteiger partial charge is 0.383 e. The van der Waals surface area contributed by atoms with E-state index in [0.717, 1.165) is 6.26 Å². The Hall–Kier alpha value is -1.37. The van der Waals surface area contributed by atoms with Crippen molar-refractivity contribution >= 4 is 21.4 Å². The van der Waals surface area contributed by atoms with Crippen molar-refractivity contribution in [1.82, 2.24) is 10.2 Å². The van der Waals surface area contributed by atoms with Gasteiger partial charge in [-0.3, -0.25) is 9.89 Å². The van der Waals surface area contributed by atoms with Crippen LogP contribution in [0.5, 0.6) is 0 Å². The van der Waals surface area contributed by atoms with E-state index >= 15 is 0 Å². The number of rotatable bonds is 5. The molecule has 84 valence electrons. The summed E-state index contributed by atoms with van der Waals surface area (Å²) >= 11 is 0. The first-order chi connectivity index (χ1) is 6.90. The van der Waals surface area contributed by atoms with Gasteiger partial charge in [0.15, 0.2) is 5.78 Å². The van der Waals surface area contributed by atoms with Crippen LogP contribution in [0.3, 0.4) is 0 Å². The summed E-state index contributed by atoms with van der Waals surface area (Å²) in [5.74, 6) is 0.0421. The summed E-state index contributed by atoms with van der Waals surface area (Å²) in [6, 6.07) is 0. The van der Waals surface area contributed by atoms with Crippen LogP contribution in [-0.2, 0) is 9.84 Å². The van der Waals surface area contributed by atoms with Gasteiger partial charge in [-0.15, -0.1) is 0 Å². The van der Waals surface area contributed by atoms with Crippen LogP contribution in [0.1, 0.15) is 23.2 Å². The third kappa shape index (κ3) is 3.70. The monoisotopic (exact) mass is 231 g/mol. The highest BCUT2D eigenvalue weighted by molar-refractivity contribution is 7.90.